The molecule has 2 saturated heterocycles. The summed E-state index contributed by atoms with van der Waals surface area (Å²) in [6, 6.07) is 2.49. The molecule has 0 bridgehead atoms. The van der Waals surface area contributed by atoms with Gasteiger partial charge in [0.2, 0.25) is 0 Å². The minimum atomic E-state index is -0.0311. The summed E-state index contributed by atoms with van der Waals surface area (Å²) in [6.07, 6.45) is 1.86. The number of urea groups is 1. The Morgan fingerprint density at radius 1 is 1.08 bits per heavy atom. The van der Waals surface area contributed by atoms with Crippen molar-refractivity contribution in [1.29, 1.82) is 0 Å². The first-order valence-corrected chi connectivity index (χ1v) is 8.72. The highest BCUT2D eigenvalue weighted by atomic mass is 16.5. The number of aromatic nitrogens is 2. The molecule has 3 heterocycles. The van der Waals surface area contributed by atoms with Crippen LogP contribution in [0.3, 0.4) is 0 Å². The van der Waals surface area contributed by atoms with Crippen molar-refractivity contribution in [3.63, 3.8) is 0 Å². The molecule has 0 aliphatic carbocycles. The standard InChI is InChI=1S/C17H27N5O2/c1-13-11-14(2)19-16(18-13)24-15-5-4-6-22(12-15)17(23)21-9-7-20(3)8-10-21/h11,15H,4-10,12H2,1-3H3. The number of rotatable bonds is 2. The van der Waals surface area contributed by atoms with Crippen LogP contribution >= 0.6 is 0 Å². The second-order valence-corrected chi connectivity index (χ2v) is 6.83. The van der Waals surface area contributed by atoms with Gasteiger partial charge in [-0.1, -0.05) is 0 Å². The van der Waals surface area contributed by atoms with E-state index >= 15 is 0 Å². The number of likely N-dealkylation sites (tertiary alicyclic amines) is 1. The molecule has 1 aromatic rings. The van der Waals surface area contributed by atoms with E-state index < -0.39 is 0 Å². The van der Waals surface area contributed by atoms with E-state index in [0.717, 1.165) is 57.0 Å². The number of aryl methyl sites for hydroxylation is 2. The summed E-state index contributed by atoms with van der Waals surface area (Å²) in [4.78, 5) is 27.5. The van der Waals surface area contributed by atoms with Gasteiger partial charge in [0.15, 0.2) is 0 Å². The first kappa shape index (κ1) is 17.0. The topological polar surface area (TPSA) is 61.8 Å². The quantitative estimate of drug-likeness (QED) is 0.816. The largest absolute Gasteiger partial charge is 0.458 e. The van der Waals surface area contributed by atoms with Crippen molar-refractivity contribution in [2.45, 2.75) is 32.8 Å². The van der Waals surface area contributed by atoms with Crippen LogP contribution < -0.4 is 4.74 Å². The fourth-order valence-electron chi connectivity index (χ4n) is 3.30. The van der Waals surface area contributed by atoms with Crippen LogP contribution in [0.25, 0.3) is 0 Å². The van der Waals surface area contributed by atoms with Gasteiger partial charge in [-0.25, -0.2) is 14.8 Å². The lowest BCUT2D eigenvalue weighted by Crippen LogP contribution is -2.55. The Hall–Kier alpha value is -1.89. The van der Waals surface area contributed by atoms with Gasteiger partial charge in [-0.3, -0.25) is 0 Å². The molecule has 132 valence electrons. The zero-order chi connectivity index (χ0) is 17.1. The van der Waals surface area contributed by atoms with E-state index in [2.05, 4.69) is 21.9 Å². The van der Waals surface area contributed by atoms with E-state index in [1.54, 1.807) is 0 Å². The van der Waals surface area contributed by atoms with Gasteiger partial charge in [0.25, 0.3) is 0 Å². The van der Waals surface area contributed by atoms with Crippen LogP contribution in [-0.2, 0) is 0 Å². The van der Waals surface area contributed by atoms with E-state index in [-0.39, 0.29) is 12.1 Å². The predicted octanol–water partition coefficient (Wildman–Crippen LogP) is 1.30. The van der Waals surface area contributed by atoms with E-state index in [1.807, 2.05) is 29.7 Å². The number of hydrogen-bond acceptors (Lipinski definition) is 5. The van der Waals surface area contributed by atoms with Crippen LogP contribution in [0.1, 0.15) is 24.2 Å². The molecule has 0 saturated carbocycles. The Labute approximate surface area is 143 Å². The van der Waals surface area contributed by atoms with Crippen LogP contribution in [0.5, 0.6) is 6.01 Å². The molecular formula is C17H27N5O2. The molecule has 7 nitrogen and oxygen atoms in total. The molecule has 0 radical (unpaired) electrons. The lowest BCUT2D eigenvalue weighted by molar-refractivity contribution is 0.0706. The predicted molar refractivity (Wildman–Crippen MR) is 91.2 cm³/mol. The van der Waals surface area contributed by atoms with Crippen LogP contribution in [0.2, 0.25) is 0 Å². The Balaban J connectivity index is 1.58. The Morgan fingerprint density at radius 2 is 1.75 bits per heavy atom. The van der Waals surface area contributed by atoms with Crippen LogP contribution in [0.4, 0.5) is 4.79 Å². The molecule has 2 aliphatic rings. The van der Waals surface area contributed by atoms with Gasteiger partial charge in [-0.05, 0) is 39.8 Å². The number of carbonyl (C=O) groups is 1. The highest BCUT2D eigenvalue weighted by molar-refractivity contribution is 5.74. The Morgan fingerprint density at radius 3 is 2.42 bits per heavy atom. The summed E-state index contributed by atoms with van der Waals surface area (Å²) in [5, 5.41) is 0. The fourth-order valence-corrected chi connectivity index (χ4v) is 3.30. The lowest BCUT2D eigenvalue weighted by atomic mass is 10.1. The number of carbonyl (C=O) groups excluding carboxylic acids is 1. The van der Waals surface area contributed by atoms with Gasteiger partial charge in [0, 0.05) is 44.1 Å². The molecule has 0 aromatic carbocycles. The van der Waals surface area contributed by atoms with Crippen molar-refractivity contribution in [2.24, 2.45) is 0 Å². The molecule has 2 amide bonds. The van der Waals surface area contributed by atoms with Gasteiger partial charge in [-0.2, -0.15) is 0 Å². The molecule has 1 unspecified atom stereocenters. The smallest absolute Gasteiger partial charge is 0.320 e. The Kier molecular flexibility index (Phi) is 5.18. The summed E-state index contributed by atoms with van der Waals surface area (Å²) < 4.78 is 5.96. The van der Waals surface area contributed by atoms with E-state index in [1.165, 1.54) is 0 Å². The molecule has 1 atom stereocenters. The SMILES string of the molecule is Cc1cc(C)nc(OC2CCCN(C(=O)N3CCN(C)CC3)C2)n1. The van der Waals surface area contributed by atoms with Crippen LogP contribution in [0, 0.1) is 13.8 Å². The van der Waals surface area contributed by atoms with Crippen molar-refractivity contribution in [3.8, 4) is 6.01 Å². The van der Waals surface area contributed by atoms with E-state index in [9.17, 15) is 4.79 Å². The molecule has 0 N–H and O–H groups in total. The average Bonchev–Trinajstić information content (AvgIpc) is 2.54. The zero-order valence-corrected chi connectivity index (χ0v) is 14.9. The summed E-state index contributed by atoms with van der Waals surface area (Å²) >= 11 is 0. The van der Waals surface area contributed by atoms with Crippen molar-refractivity contribution >= 4 is 6.03 Å². The van der Waals surface area contributed by atoms with Crippen LogP contribution in [-0.4, -0.2) is 83.1 Å². The molecule has 7 heteroatoms. The molecule has 0 spiro atoms. The van der Waals surface area contributed by atoms with E-state index in [0.29, 0.717) is 12.6 Å². The molecular weight excluding hydrogens is 306 g/mol. The summed E-state index contributed by atoms with van der Waals surface area (Å²) in [7, 11) is 2.09. The summed E-state index contributed by atoms with van der Waals surface area (Å²) in [5.74, 6) is 0. The van der Waals surface area contributed by atoms with Crippen molar-refractivity contribution in [3.05, 3.63) is 17.5 Å². The Bertz CT molecular complexity index is 566. The van der Waals surface area contributed by atoms with Gasteiger partial charge < -0.3 is 19.4 Å². The third-order valence-electron chi connectivity index (χ3n) is 4.66. The normalized spacial score (nSPS) is 22.5. The molecule has 2 aliphatic heterocycles. The highest BCUT2D eigenvalue weighted by Crippen LogP contribution is 2.18. The first-order chi connectivity index (χ1) is 11.5. The molecule has 1 aromatic heterocycles. The number of amides is 2. The first-order valence-electron chi connectivity index (χ1n) is 8.72. The number of likely N-dealkylation sites (N-methyl/N-ethyl adjacent to an activating group) is 1. The van der Waals surface area contributed by atoms with Gasteiger partial charge in [-0.15, -0.1) is 0 Å². The second-order valence-electron chi connectivity index (χ2n) is 6.83. The number of hydrogen-bond donors (Lipinski definition) is 0. The van der Waals surface area contributed by atoms with Crippen molar-refractivity contribution < 1.29 is 9.53 Å². The second kappa shape index (κ2) is 7.34. The lowest BCUT2D eigenvalue weighted by Gasteiger charge is -2.39. The summed E-state index contributed by atoms with van der Waals surface area (Å²) in [6.45, 7) is 8.78. The fraction of sp³-hybridized carbons (Fsp3) is 0.706. The molecule has 3 rings (SSSR count). The highest BCUT2D eigenvalue weighted by Gasteiger charge is 2.29. The summed E-state index contributed by atoms with van der Waals surface area (Å²) in [5.41, 5.74) is 1.80. The van der Waals surface area contributed by atoms with Gasteiger partial charge >= 0.3 is 12.0 Å². The zero-order valence-electron chi connectivity index (χ0n) is 14.9. The van der Waals surface area contributed by atoms with Gasteiger partial charge in [0.1, 0.15) is 6.10 Å². The molecule has 24 heavy (non-hydrogen) atoms. The van der Waals surface area contributed by atoms with E-state index in [4.69, 9.17) is 4.74 Å². The maximum Gasteiger partial charge on any atom is 0.320 e. The monoisotopic (exact) mass is 333 g/mol. The third kappa shape index (κ3) is 4.14. The minimum Gasteiger partial charge on any atom is -0.458 e. The van der Waals surface area contributed by atoms with Crippen LogP contribution in [0.15, 0.2) is 6.07 Å². The number of piperazine rings is 1. The number of ether oxygens (including phenoxy) is 1. The van der Waals surface area contributed by atoms with Gasteiger partial charge in [0.05, 0.1) is 6.54 Å². The average molecular weight is 333 g/mol. The third-order valence-corrected chi connectivity index (χ3v) is 4.66. The number of piperidine rings is 1. The maximum atomic E-state index is 12.7. The maximum absolute atomic E-state index is 12.7. The van der Waals surface area contributed by atoms with Crippen molar-refractivity contribution in [1.82, 2.24) is 24.7 Å². The van der Waals surface area contributed by atoms with Crippen molar-refractivity contribution in [2.75, 3.05) is 46.3 Å². The minimum absolute atomic E-state index is 0.0311. The molecule has 2 fully saturated rings. The number of nitrogens with zero attached hydrogens (tertiary/aromatic N) is 5.